The SMILES string of the molecule is CN(C)S(=O)(=O)c1cc(C(=O)N2CCN(c3ccccn3)CC2)ccc1F. The predicted molar refractivity (Wildman–Crippen MR) is 99.6 cm³/mol. The summed E-state index contributed by atoms with van der Waals surface area (Å²) in [4.78, 5) is 20.3. The average Bonchev–Trinajstić information content (AvgIpc) is 2.68. The van der Waals surface area contributed by atoms with Crippen LogP contribution in [0.2, 0.25) is 0 Å². The lowest BCUT2D eigenvalue weighted by atomic mass is 10.1. The number of rotatable bonds is 4. The van der Waals surface area contributed by atoms with E-state index in [0.717, 1.165) is 22.3 Å². The Kier molecular flexibility index (Phi) is 5.43. The van der Waals surface area contributed by atoms with Crippen LogP contribution in [0.5, 0.6) is 0 Å². The number of carbonyl (C=O) groups is 1. The first-order valence-electron chi connectivity index (χ1n) is 8.48. The third-order valence-electron chi connectivity index (χ3n) is 4.48. The molecule has 0 N–H and O–H groups in total. The Bertz CT molecular complexity index is 927. The minimum absolute atomic E-state index is 0.156. The van der Waals surface area contributed by atoms with Gasteiger partial charge in [-0.3, -0.25) is 4.79 Å². The summed E-state index contributed by atoms with van der Waals surface area (Å²) in [6.45, 7) is 2.19. The van der Waals surface area contributed by atoms with Crippen molar-refractivity contribution in [1.29, 1.82) is 0 Å². The first-order chi connectivity index (χ1) is 12.8. The Morgan fingerprint density at radius 2 is 1.81 bits per heavy atom. The van der Waals surface area contributed by atoms with Gasteiger partial charge >= 0.3 is 0 Å². The molecule has 0 bridgehead atoms. The number of carbonyl (C=O) groups excluding carboxylic acids is 1. The summed E-state index contributed by atoms with van der Waals surface area (Å²) in [6, 6.07) is 9.11. The number of hydrogen-bond acceptors (Lipinski definition) is 5. The van der Waals surface area contributed by atoms with E-state index in [1.54, 1.807) is 11.1 Å². The van der Waals surface area contributed by atoms with Crippen molar-refractivity contribution in [2.45, 2.75) is 4.90 Å². The summed E-state index contributed by atoms with van der Waals surface area (Å²) in [6.07, 6.45) is 1.72. The molecule has 1 aromatic heterocycles. The second kappa shape index (κ2) is 7.61. The molecule has 1 aromatic carbocycles. The van der Waals surface area contributed by atoms with Crippen LogP contribution in [-0.4, -0.2) is 68.8 Å². The molecule has 27 heavy (non-hydrogen) atoms. The van der Waals surface area contributed by atoms with Crippen molar-refractivity contribution >= 4 is 21.7 Å². The van der Waals surface area contributed by atoms with Crippen molar-refractivity contribution in [3.05, 3.63) is 54.0 Å². The smallest absolute Gasteiger partial charge is 0.254 e. The lowest BCUT2D eigenvalue weighted by Gasteiger charge is -2.35. The van der Waals surface area contributed by atoms with Gasteiger partial charge in [0.25, 0.3) is 5.91 Å². The Labute approximate surface area is 158 Å². The zero-order valence-electron chi connectivity index (χ0n) is 15.2. The molecule has 1 aliphatic rings. The fourth-order valence-corrected chi connectivity index (χ4v) is 3.88. The van der Waals surface area contributed by atoms with E-state index >= 15 is 0 Å². The van der Waals surface area contributed by atoms with E-state index in [0.29, 0.717) is 26.2 Å². The Balaban J connectivity index is 1.76. The van der Waals surface area contributed by atoms with Crippen LogP contribution in [-0.2, 0) is 10.0 Å². The molecule has 7 nitrogen and oxygen atoms in total. The van der Waals surface area contributed by atoms with Crippen molar-refractivity contribution < 1.29 is 17.6 Å². The number of nitrogens with zero attached hydrogens (tertiary/aromatic N) is 4. The normalized spacial score (nSPS) is 15.3. The van der Waals surface area contributed by atoms with Crippen LogP contribution >= 0.6 is 0 Å². The topological polar surface area (TPSA) is 73.8 Å². The highest BCUT2D eigenvalue weighted by Crippen LogP contribution is 2.21. The monoisotopic (exact) mass is 392 g/mol. The van der Waals surface area contributed by atoms with Gasteiger partial charge in [0.05, 0.1) is 0 Å². The second-order valence-electron chi connectivity index (χ2n) is 6.40. The van der Waals surface area contributed by atoms with E-state index in [-0.39, 0.29) is 11.5 Å². The molecular formula is C18H21FN4O3S. The quantitative estimate of drug-likeness (QED) is 0.787. The van der Waals surface area contributed by atoms with E-state index in [1.165, 1.54) is 20.2 Å². The van der Waals surface area contributed by atoms with Gasteiger partial charge in [0.2, 0.25) is 10.0 Å². The molecule has 1 amide bonds. The van der Waals surface area contributed by atoms with E-state index in [2.05, 4.69) is 9.88 Å². The largest absolute Gasteiger partial charge is 0.353 e. The maximum absolute atomic E-state index is 14.0. The summed E-state index contributed by atoms with van der Waals surface area (Å²) in [5, 5.41) is 0. The Hall–Kier alpha value is -2.52. The first kappa shape index (κ1) is 19.2. The van der Waals surface area contributed by atoms with Gasteiger partial charge in [0, 0.05) is 52.0 Å². The molecule has 0 unspecified atom stereocenters. The summed E-state index contributed by atoms with van der Waals surface area (Å²) in [5.41, 5.74) is 0.156. The van der Waals surface area contributed by atoms with E-state index in [4.69, 9.17) is 0 Å². The van der Waals surface area contributed by atoms with Gasteiger partial charge in [0.1, 0.15) is 16.5 Å². The number of pyridine rings is 1. The molecule has 0 saturated carbocycles. The summed E-state index contributed by atoms with van der Waals surface area (Å²) < 4.78 is 39.5. The van der Waals surface area contributed by atoms with E-state index in [9.17, 15) is 17.6 Å². The van der Waals surface area contributed by atoms with Crippen molar-refractivity contribution in [3.8, 4) is 0 Å². The highest BCUT2D eigenvalue weighted by atomic mass is 32.2. The molecule has 144 valence electrons. The highest BCUT2D eigenvalue weighted by Gasteiger charge is 2.26. The average molecular weight is 392 g/mol. The van der Waals surface area contributed by atoms with Crippen molar-refractivity contribution in [2.75, 3.05) is 45.2 Å². The minimum atomic E-state index is -3.97. The molecule has 9 heteroatoms. The summed E-state index contributed by atoms with van der Waals surface area (Å²) >= 11 is 0. The predicted octanol–water partition coefficient (Wildman–Crippen LogP) is 1.43. The Morgan fingerprint density at radius 3 is 2.41 bits per heavy atom. The Morgan fingerprint density at radius 1 is 1.11 bits per heavy atom. The third-order valence-corrected chi connectivity index (χ3v) is 6.31. The molecule has 0 atom stereocenters. The molecule has 3 rings (SSSR count). The van der Waals surface area contributed by atoms with Crippen molar-refractivity contribution in [2.24, 2.45) is 0 Å². The van der Waals surface area contributed by atoms with E-state index < -0.39 is 20.7 Å². The van der Waals surface area contributed by atoms with Crippen molar-refractivity contribution in [1.82, 2.24) is 14.2 Å². The minimum Gasteiger partial charge on any atom is -0.353 e. The number of halogens is 1. The molecule has 1 fully saturated rings. The summed E-state index contributed by atoms with van der Waals surface area (Å²) in [5.74, 6) is -0.336. The van der Waals surface area contributed by atoms with Crippen LogP contribution in [0.4, 0.5) is 10.2 Å². The molecule has 1 saturated heterocycles. The van der Waals surface area contributed by atoms with Crippen LogP contribution < -0.4 is 4.90 Å². The van der Waals surface area contributed by atoms with Crippen LogP contribution in [0.3, 0.4) is 0 Å². The zero-order valence-corrected chi connectivity index (χ0v) is 16.0. The van der Waals surface area contributed by atoms with Gasteiger partial charge < -0.3 is 9.80 Å². The molecule has 1 aliphatic heterocycles. The highest BCUT2D eigenvalue weighted by molar-refractivity contribution is 7.89. The summed E-state index contributed by atoms with van der Waals surface area (Å²) in [7, 11) is -1.33. The fourth-order valence-electron chi connectivity index (χ4n) is 2.89. The molecule has 2 aromatic rings. The number of sulfonamides is 1. The molecule has 2 heterocycles. The zero-order chi connectivity index (χ0) is 19.6. The van der Waals surface area contributed by atoms with Crippen LogP contribution in [0.25, 0.3) is 0 Å². The number of aromatic nitrogens is 1. The van der Waals surface area contributed by atoms with Crippen LogP contribution in [0.1, 0.15) is 10.4 Å². The number of amides is 1. The molecular weight excluding hydrogens is 371 g/mol. The van der Waals surface area contributed by atoms with Crippen LogP contribution in [0.15, 0.2) is 47.5 Å². The lowest BCUT2D eigenvalue weighted by Crippen LogP contribution is -2.49. The van der Waals surface area contributed by atoms with Gasteiger partial charge in [-0.15, -0.1) is 0 Å². The second-order valence-corrected chi connectivity index (χ2v) is 8.52. The van der Waals surface area contributed by atoms with Crippen molar-refractivity contribution in [3.63, 3.8) is 0 Å². The number of anilines is 1. The molecule has 0 radical (unpaired) electrons. The van der Waals surface area contributed by atoms with Crippen LogP contribution in [0, 0.1) is 5.82 Å². The lowest BCUT2D eigenvalue weighted by molar-refractivity contribution is 0.0746. The van der Waals surface area contributed by atoms with Gasteiger partial charge in [0.15, 0.2) is 0 Å². The first-order valence-corrected chi connectivity index (χ1v) is 9.92. The fraction of sp³-hybridized carbons (Fsp3) is 0.333. The molecule has 0 spiro atoms. The van der Waals surface area contributed by atoms with Gasteiger partial charge in [-0.2, -0.15) is 0 Å². The maximum atomic E-state index is 14.0. The van der Waals surface area contributed by atoms with E-state index in [1.807, 2.05) is 18.2 Å². The standard InChI is InChI=1S/C18H21FN4O3S/c1-21(2)27(25,26)16-13-14(6-7-15(16)19)18(24)23-11-9-22(10-12-23)17-5-3-4-8-20-17/h3-8,13H,9-12H2,1-2H3. The van der Waals surface area contributed by atoms with Gasteiger partial charge in [-0.05, 0) is 30.3 Å². The molecule has 0 aliphatic carbocycles. The number of piperazine rings is 1. The third kappa shape index (κ3) is 3.93. The van der Waals surface area contributed by atoms with Gasteiger partial charge in [-0.25, -0.2) is 22.1 Å². The number of hydrogen-bond donors (Lipinski definition) is 0. The maximum Gasteiger partial charge on any atom is 0.254 e. The van der Waals surface area contributed by atoms with Gasteiger partial charge in [-0.1, -0.05) is 6.07 Å². The number of benzene rings is 1.